The van der Waals surface area contributed by atoms with E-state index in [4.69, 9.17) is 5.73 Å². The van der Waals surface area contributed by atoms with Crippen LogP contribution in [0.3, 0.4) is 0 Å². The first kappa shape index (κ1) is 12.0. The minimum Gasteiger partial charge on any atom is -0.412 e. The lowest BCUT2D eigenvalue weighted by molar-refractivity contribution is 0.695. The largest absolute Gasteiger partial charge is 0.412 e. The molecule has 0 aliphatic carbocycles. The molecule has 0 radical (unpaired) electrons. The highest BCUT2D eigenvalue weighted by Gasteiger charge is 2.12. The number of hydrogen-bond acceptors (Lipinski definition) is 5. The molecule has 1 aromatic heterocycles. The molecule has 0 saturated carbocycles. The van der Waals surface area contributed by atoms with Crippen LogP contribution >= 0.6 is 0 Å². The summed E-state index contributed by atoms with van der Waals surface area (Å²) in [7, 11) is 2.60. The molecule has 1 aromatic rings. The molecule has 0 aromatic carbocycles. The van der Waals surface area contributed by atoms with E-state index < -0.39 is 16.9 Å². The molecule has 0 atom stereocenters. The van der Waals surface area contributed by atoms with Gasteiger partial charge in [-0.25, -0.2) is 4.79 Å². The Morgan fingerprint density at radius 2 is 1.71 bits per heavy atom. The van der Waals surface area contributed by atoms with Crippen molar-refractivity contribution in [3.05, 3.63) is 25.7 Å². The summed E-state index contributed by atoms with van der Waals surface area (Å²) in [5.74, 6) is -0.219. The van der Waals surface area contributed by atoms with Gasteiger partial charge in [0.15, 0.2) is 0 Å². The number of anilines is 1. The number of nitrogen functional groups attached to an aromatic ring is 1. The van der Waals surface area contributed by atoms with Gasteiger partial charge in [0.05, 0.1) is 0 Å². The summed E-state index contributed by atoms with van der Waals surface area (Å²) in [6, 6.07) is 0. The van der Waals surface area contributed by atoms with Crippen LogP contribution < -0.4 is 17.0 Å². The summed E-state index contributed by atoms with van der Waals surface area (Å²) >= 11 is 0. The molecule has 14 heavy (non-hydrogen) atoms. The van der Waals surface area contributed by atoms with Gasteiger partial charge in [0, 0.05) is 14.1 Å². The second kappa shape index (κ2) is 3.83. The lowest BCUT2D eigenvalue weighted by atomic mass is 10.4. The van der Waals surface area contributed by atoms with Crippen molar-refractivity contribution in [1.29, 1.82) is 0 Å². The molecule has 0 fully saturated rings. The molecule has 0 bridgehead atoms. The Morgan fingerprint density at radius 3 is 2.14 bits per heavy atom. The number of nitrogens with two attached hydrogens (primary N) is 1. The third kappa shape index (κ3) is 1.42. The fraction of sp³-hybridized carbons (Fsp3) is 0.333. The molecule has 0 unspecified atom stereocenters. The van der Waals surface area contributed by atoms with Gasteiger partial charge in [-0.3, -0.25) is 13.9 Å². The Kier molecular flexibility index (Phi) is 3.30. The normalized spacial score (nSPS) is 9.29. The van der Waals surface area contributed by atoms with Crippen LogP contribution in [0.25, 0.3) is 0 Å². The summed E-state index contributed by atoms with van der Waals surface area (Å²) in [6.07, 6.45) is 0. The molecule has 0 saturated heterocycles. The molecule has 8 heteroatoms. The van der Waals surface area contributed by atoms with E-state index in [1.54, 1.807) is 0 Å². The van der Waals surface area contributed by atoms with Crippen molar-refractivity contribution in [3.8, 4) is 0 Å². The molecule has 0 amide bonds. The maximum Gasteiger partial charge on any atom is 0.332 e. The number of rotatable bonds is 1. The summed E-state index contributed by atoms with van der Waals surface area (Å²) < 4.78 is 1.76. The van der Waals surface area contributed by atoms with Gasteiger partial charge in [0.2, 0.25) is 5.69 Å². The number of aromatic nitrogens is 2. The van der Waals surface area contributed by atoms with E-state index in [0.717, 1.165) is 9.13 Å². The van der Waals surface area contributed by atoms with Crippen molar-refractivity contribution in [3.63, 3.8) is 0 Å². The first-order valence-corrected chi connectivity index (χ1v) is 3.39. The van der Waals surface area contributed by atoms with Crippen LogP contribution in [0, 0.1) is 4.91 Å². The van der Waals surface area contributed by atoms with Gasteiger partial charge in [-0.1, -0.05) is 0 Å². The summed E-state index contributed by atoms with van der Waals surface area (Å²) in [4.78, 5) is 32.6. The zero-order chi connectivity index (χ0) is 10.2. The Bertz CT molecular complexity index is 472. The van der Waals surface area contributed by atoms with Crippen molar-refractivity contribution >= 4 is 11.5 Å². The maximum atomic E-state index is 11.2. The van der Waals surface area contributed by atoms with E-state index >= 15 is 0 Å². The van der Waals surface area contributed by atoms with E-state index in [2.05, 4.69) is 5.18 Å². The van der Waals surface area contributed by atoms with Crippen molar-refractivity contribution in [2.24, 2.45) is 19.3 Å². The number of nitrogens with zero attached hydrogens (tertiary/aromatic N) is 3. The topological polar surface area (TPSA) is 131 Å². The Morgan fingerprint density at radius 1 is 1.21 bits per heavy atom. The first-order chi connectivity index (χ1) is 6.00. The Hall–Kier alpha value is -1.96. The molecule has 0 spiro atoms. The predicted octanol–water partition coefficient (Wildman–Crippen LogP) is -1.76. The Labute approximate surface area is 77.9 Å². The molecular formula is C6H10N4O4. The van der Waals surface area contributed by atoms with Gasteiger partial charge in [0.1, 0.15) is 5.82 Å². The molecule has 1 rings (SSSR count). The monoisotopic (exact) mass is 202 g/mol. The van der Waals surface area contributed by atoms with Gasteiger partial charge < -0.3 is 11.2 Å². The zero-order valence-corrected chi connectivity index (χ0v) is 7.64. The van der Waals surface area contributed by atoms with E-state index in [1.165, 1.54) is 14.1 Å². The fourth-order valence-corrected chi connectivity index (χ4v) is 0.928. The maximum absolute atomic E-state index is 11.2. The molecule has 4 N–H and O–H groups in total. The summed E-state index contributed by atoms with van der Waals surface area (Å²) in [5.41, 5.74) is 3.51. The van der Waals surface area contributed by atoms with Crippen molar-refractivity contribution in [1.82, 2.24) is 9.13 Å². The van der Waals surface area contributed by atoms with E-state index in [9.17, 15) is 14.5 Å². The molecular weight excluding hydrogens is 192 g/mol. The highest BCUT2D eigenvalue weighted by Crippen LogP contribution is 2.11. The molecule has 78 valence electrons. The van der Waals surface area contributed by atoms with Crippen molar-refractivity contribution in [2.45, 2.75) is 0 Å². The summed E-state index contributed by atoms with van der Waals surface area (Å²) in [6.45, 7) is 0. The van der Waals surface area contributed by atoms with Crippen molar-refractivity contribution < 1.29 is 5.48 Å². The van der Waals surface area contributed by atoms with Gasteiger partial charge in [-0.15, -0.1) is 4.91 Å². The average Bonchev–Trinajstić information content (AvgIpc) is 2.13. The fourth-order valence-electron chi connectivity index (χ4n) is 0.928. The highest BCUT2D eigenvalue weighted by atomic mass is 16.3. The van der Waals surface area contributed by atoms with Crippen LogP contribution in [0.5, 0.6) is 0 Å². The lowest BCUT2D eigenvalue weighted by Crippen LogP contribution is -2.37. The number of nitroso groups, excluding NO2 is 1. The zero-order valence-electron chi connectivity index (χ0n) is 7.64. The smallest absolute Gasteiger partial charge is 0.332 e. The molecule has 0 aliphatic heterocycles. The van der Waals surface area contributed by atoms with Crippen LogP contribution in [-0.2, 0) is 14.1 Å². The van der Waals surface area contributed by atoms with Gasteiger partial charge in [0.25, 0.3) is 5.56 Å². The second-order valence-corrected chi connectivity index (χ2v) is 2.53. The third-order valence-electron chi connectivity index (χ3n) is 1.78. The van der Waals surface area contributed by atoms with Crippen LogP contribution in [0.2, 0.25) is 0 Å². The lowest BCUT2D eigenvalue weighted by Gasteiger charge is -2.05. The SMILES string of the molecule is Cn1c(N)c(N=O)c(=O)n(C)c1=O.O. The van der Waals surface area contributed by atoms with E-state index in [0.29, 0.717) is 0 Å². The third-order valence-corrected chi connectivity index (χ3v) is 1.78. The Balaban J connectivity index is 0.00000169. The molecule has 8 nitrogen and oxygen atoms in total. The van der Waals surface area contributed by atoms with Crippen LogP contribution in [-0.4, -0.2) is 14.6 Å². The first-order valence-electron chi connectivity index (χ1n) is 3.39. The minimum atomic E-state index is -0.782. The average molecular weight is 202 g/mol. The molecule has 1 heterocycles. The quantitative estimate of drug-likeness (QED) is 0.540. The molecule has 0 aliphatic rings. The predicted molar refractivity (Wildman–Crippen MR) is 50.4 cm³/mol. The highest BCUT2D eigenvalue weighted by molar-refractivity contribution is 5.55. The van der Waals surface area contributed by atoms with E-state index in [1.807, 2.05) is 0 Å². The second-order valence-electron chi connectivity index (χ2n) is 2.53. The van der Waals surface area contributed by atoms with Crippen LogP contribution in [0.4, 0.5) is 11.5 Å². The minimum absolute atomic E-state index is 0. The summed E-state index contributed by atoms with van der Waals surface area (Å²) in [5, 5.41) is 2.46. The van der Waals surface area contributed by atoms with Crippen molar-refractivity contribution in [2.75, 3.05) is 5.73 Å². The van der Waals surface area contributed by atoms with Crippen LogP contribution in [0.1, 0.15) is 0 Å². The van der Waals surface area contributed by atoms with Crippen LogP contribution in [0.15, 0.2) is 14.8 Å². The van der Waals surface area contributed by atoms with Gasteiger partial charge >= 0.3 is 5.69 Å². The van der Waals surface area contributed by atoms with Gasteiger partial charge in [-0.2, -0.15) is 0 Å². The van der Waals surface area contributed by atoms with Gasteiger partial charge in [-0.05, 0) is 5.18 Å². The standard InChI is InChI=1S/C6H8N4O3.H2O/c1-9-4(7)3(8-13)5(11)10(2)6(9)12;/h7H2,1-2H3;1H2. The van der Waals surface area contributed by atoms with E-state index in [-0.39, 0.29) is 11.3 Å². The number of hydrogen-bond donors (Lipinski definition) is 1.